The van der Waals surface area contributed by atoms with Crippen LogP contribution in [0.15, 0.2) is 6.07 Å². The van der Waals surface area contributed by atoms with Crippen LogP contribution in [0.25, 0.3) is 0 Å². The molecule has 0 saturated carbocycles. The van der Waals surface area contributed by atoms with E-state index in [1.54, 1.807) is 4.68 Å². The van der Waals surface area contributed by atoms with E-state index in [0.29, 0.717) is 18.7 Å². The van der Waals surface area contributed by atoms with E-state index in [1.165, 1.54) is 12.3 Å². The number of hydrogen-bond acceptors (Lipinski definition) is 4. The van der Waals surface area contributed by atoms with Gasteiger partial charge in [0.2, 0.25) is 0 Å². The van der Waals surface area contributed by atoms with Crippen LogP contribution in [0.5, 0.6) is 0 Å². The minimum atomic E-state index is -3.02. The Balaban J connectivity index is 2.90. The van der Waals surface area contributed by atoms with Crippen molar-refractivity contribution in [3.05, 3.63) is 17.5 Å². The summed E-state index contributed by atoms with van der Waals surface area (Å²) in [5, 5.41) is 3.98. The highest BCUT2D eigenvalue weighted by molar-refractivity contribution is 7.90. The van der Waals surface area contributed by atoms with Crippen LogP contribution in [0.1, 0.15) is 23.1 Å². The molecular formula is C9H15N3O3S. The zero-order valence-corrected chi connectivity index (χ0v) is 10.1. The highest BCUT2D eigenvalue weighted by Gasteiger charge is 2.12. The predicted molar refractivity (Wildman–Crippen MR) is 59.8 cm³/mol. The predicted octanol–water partition coefficient (Wildman–Crippen LogP) is -0.411. The number of carbonyl (C=O) groups is 1. The second-order valence-electron chi connectivity index (χ2n) is 3.58. The molecule has 0 aliphatic rings. The fourth-order valence-electron chi connectivity index (χ4n) is 1.34. The van der Waals surface area contributed by atoms with Gasteiger partial charge in [-0.3, -0.25) is 9.48 Å². The monoisotopic (exact) mass is 245 g/mol. The van der Waals surface area contributed by atoms with E-state index in [-0.39, 0.29) is 11.4 Å². The van der Waals surface area contributed by atoms with Crippen LogP contribution in [-0.4, -0.2) is 36.1 Å². The molecule has 90 valence electrons. The summed E-state index contributed by atoms with van der Waals surface area (Å²) in [6.07, 6.45) is 1.52. The van der Waals surface area contributed by atoms with Crippen LogP contribution in [0.2, 0.25) is 0 Å². The van der Waals surface area contributed by atoms with Crippen LogP contribution in [-0.2, 0) is 22.8 Å². The molecule has 2 N–H and O–H groups in total. The lowest BCUT2D eigenvalue weighted by Crippen LogP contribution is -2.12. The van der Waals surface area contributed by atoms with E-state index in [2.05, 4.69) is 5.10 Å². The highest BCUT2D eigenvalue weighted by Crippen LogP contribution is 2.06. The van der Waals surface area contributed by atoms with E-state index >= 15 is 0 Å². The molecule has 6 nitrogen and oxygen atoms in total. The lowest BCUT2D eigenvalue weighted by Gasteiger charge is -2.02. The molecule has 1 amide bonds. The Morgan fingerprint density at radius 3 is 2.62 bits per heavy atom. The minimum Gasteiger partial charge on any atom is -0.364 e. The van der Waals surface area contributed by atoms with Crippen molar-refractivity contribution in [3.8, 4) is 0 Å². The van der Waals surface area contributed by atoms with Crippen molar-refractivity contribution >= 4 is 15.7 Å². The maximum absolute atomic E-state index is 11.0. The minimum absolute atomic E-state index is 0.0386. The van der Waals surface area contributed by atoms with Gasteiger partial charge in [-0.05, 0) is 13.0 Å². The van der Waals surface area contributed by atoms with Gasteiger partial charge < -0.3 is 5.73 Å². The number of nitrogens with zero attached hydrogens (tertiary/aromatic N) is 2. The van der Waals surface area contributed by atoms with Crippen molar-refractivity contribution < 1.29 is 13.2 Å². The Morgan fingerprint density at radius 1 is 1.56 bits per heavy atom. The van der Waals surface area contributed by atoms with Gasteiger partial charge in [0.1, 0.15) is 15.5 Å². The fraction of sp³-hybridized carbons (Fsp3) is 0.556. The van der Waals surface area contributed by atoms with E-state index in [4.69, 9.17) is 5.73 Å². The molecule has 0 radical (unpaired) electrons. The average molecular weight is 245 g/mol. The molecule has 16 heavy (non-hydrogen) atoms. The van der Waals surface area contributed by atoms with Crippen molar-refractivity contribution in [1.82, 2.24) is 9.78 Å². The summed E-state index contributed by atoms with van der Waals surface area (Å²) in [4.78, 5) is 10.9. The second kappa shape index (κ2) is 4.65. The van der Waals surface area contributed by atoms with E-state index in [9.17, 15) is 13.2 Å². The van der Waals surface area contributed by atoms with Gasteiger partial charge in [0, 0.05) is 24.9 Å². The van der Waals surface area contributed by atoms with Crippen LogP contribution >= 0.6 is 0 Å². The number of hydrogen-bond donors (Lipinski definition) is 1. The van der Waals surface area contributed by atoms with Crippen molar-refractivity contribution in [2.45, 2.75) is 19.9 Å². The van der Waals surface area contributed by atoms with Crippen LogP contribution in [0.4, 0.5) is 0 Å². The summed E-state index contributed by atoms with van der Waals surface area (Å²) in [6.45, 7) is 2.44. The third kappa shape index (κ3) is 3.34. The van der Waals surface area contributed by atoms with Gasteiger partial charge in [-0.2, -0.15) is 5.10 Å². The van der Waals surface area contributed by atoms with Gasteiger partial charge >= 0.3 is 0 Å². The van der Waals surface area contributed by atoms with Gasteiger partial charge in [-0.1, -0.05) is 0 Å². The van der Waals surface area contributed by atoms with E-state index in [1.807, 2.05) is 6.92 Å². The lowest BCUT2D eigenvalue weighted by molar-refractivity contribution is 0.0995. The first-order valence-electron chi connectivity index (χ1n) is 4.87. The summed E-state index contributed by atoms with van der Waals surface area (Å²) in [5.74, 6) is -0.565. The Kier molecular flexibility index (Phi) is 3.69. The van der Waals surface area contributed by atoms with Gasteiger partial charge in [0.25, 0.3) is 5.91 Å². The first kappa shape index (κ1) is 12.7. The summed E-state index contributed by atoms with van der Waals surface area (Å²) >= 11 is 0. The van der Waals surface area contributed by atoms with Gasteiger partial charge in [-0.25, -0.2) is 8.42 Å². The van der Waals surface area contributed by atoms with Crippen molar-refractivity contribution in [2.75, 3.05) is 12.0 Å². The number of nitrogens with two attached hydrogens (primary N) is 1. The Morgan fingerprint density at radius 2 is 2.19 bits per heavy atom. The Bertz CT molecular complexity index is 490. The zero-order chi connectivity index (χ0) is 12.3. The number of amides is 1. The molecule has 0 aliphatic carbocycles. The summed E-state index contributed by atoms with van der Waals surface area (Å²) in [7, 11) is -3.02. The topological polar surface area (TPSA) is 95.1 Å². The normalized spacial score (nSPS) is 11.6. The maximum Gasteiger partial charge on any atom is 0.269 e. The van der Waals surface area contributed by atoms with E-state index < -0.39 is 15.7 Å². The molecule has 1 aromatic rings. The van der Waals surface area contributed by atoms with Crippen LogP contribution in [0.3, 0.4) is 0 Å². The number of primary amides is 1. The summed E-state index contributed by atoms with van der Waals surface area (Å²) < 4.78 is 23.6. The highest BCUT2D eigenvalue weighted by atomic mass is 32.2. The largest absolute Gasteiger partial charge is 0.364 e. The van der Waals surface area contributed by atoms with E-state index in [0.717, 1.165) is 0 Å². The van der Waals surface area contributed by atoms with Crippen LogP contribution in [0, 0.1) is 0 Å². The molecule has 0 fully saturated rings. The third-order valence-electron chi connectivity index (χ3n) is 2.14. The van der Waals surface area contributed by atoms with Crippen molar-refractivity contribution in [2.24, 2.45) is 5.73 Å². The molecule has 7 heteroatoms. The Labute approximate surface area is 94.4 Å². The molecule has 0 bridgehead atoms. The summed E-state index contributed by atoms with van der Waals surface area (Å²) in [5.41, 5.74) is 5.98. The molecule has 0 aromatic carbocycles. The number of rotatable bonds is 5. The lowest BCUT2D eigenvalue weighted by atomic mass is 10.3. The fourth-order valence-corrected chi connectivity index (χ4v) is 1.92. The molecule has 1 heterocycles. The average Bonchev–Trinajstić information content (AvgIpc) is 2.56. The van der Waals surface area contributed by atoms with Crippen LogP contribution < -0.4 is 5.73 Å². The van der Waals surface area contributed by atoms with Gasteiger partial charge in [0.15, 0.2) is 0 Å². The number of sulfone groups is 1. The molecule has 0 atom stereocenters. The number of aryl methyl sites for hydroxylation is 2. The van der Waals surface area contributed by atoms with Crippen molar-refractivity contribution in [1.29, 1.82) is 0 Å². The first-order valence-corrected chi connectivity index (χ1v) is 6.94. The van der Waals surface area contributed by atoms with Crippen molar-refractivity contribution in [3.63, 3.8) is 0 Å². The number of carbonyl (C=O) groups excluding carboxylic acids is 1. The SMILES string of the molecule is CCn1nc(C(N)=O)cc1CCS(C)(=O)=O. The number of aromatic nitrogens is 2. The smallest absolute Gasteiger partial charge is 0.269 e. The molecule has 1 aromatic heterocycles. The van der Waals surface area contributed by atoms with Gasteiger partial charge in [-0.15, -0.1) is 0 Å². The molecule has 0 aliphatic heterocycles. The second-order valence-corrected chi connectivity index (χ2v) is 5.84. The third-order valence-corrected chi connectivity index (χ3v) is 3.09. The standard InChI is InChI=1S/C9H15N3O3S/c1-3-12-7(4-5-16(2,14)15)6-8(11-12)9(10)13/h6H,3-5H2,1-2H3,(H2,10,13). The van der Waals surface area contributed by atoms with Gasteiger partial charge in [0.05, 0.1) is 5.75 Å². The first-order chi connectivity index (χ1) is 7.33. The maximum atomic E-state index is 11.0. The molecule has 0 spiro atoms. The molecule has 0 unspecified atom stereocenters. The zero-order valence-electron chi connectivity index (χ0n) is 9.30. The quantitative estimate of drug-likeness (QED) is 0.762. The molecule has 1 rings (SSSR count). The summed E-state index contributed by atoms with van der Waals surface area (Å²) in [6, 6.07) is 1.54. The Hall–Kier alpha value is -1.37. The molecule has 0 saturated heterocycles. The molecular weight excluding hydrogens is 230 g/mol.